The van der Waals surface area contributed by atoms with Crippen LogP contribution in [0.3, 0.4) is 0 Å². The van der Waals surface area contributed by atoms with E-state index < -0.39 is 0 Å². The number of aromatic nitrogens is 2. The van der Waals surface area contributed by atoms with Gasteiger partial charge in [0.1, 0.15) is 6.04 Å². The third-order valence-corrected chi connectivity index (χ3v) is 3.63. The zero-order valence-corrected chi connectivity index (χ0v) is 10.2. The van der Waals surface area contributed by atoms with Crippen LogP contribution in [0.15, 0.2) is 6.07 Å². The highest BCUT2D eigenvalue weighted by atomic mass is 16.5. The molecule has 0 saturated carbocycles. The van der Waals surface area contributed by atoms with Crippen LogP contribution in [-0.2, 0) is 9.53 Å². The van der Waals surface area contributed by atoms with Crippen LogP contribution in [0, 0.1) is 13.8 Å². The summed E-state index contributed by atoms with van der Waals surface area (Å²) in [5.41, 5.74) is 2.25. The lowest BCUT2D eigenvalue weighted by molar-refractivity contribution is -0.144. The molecule has 1 aromatic rings. The number of cyclic esters (lactones) is 1. The third-order valence-electron chi connectivity index (χ3n) is 3.63. The van der Waals surface area contributed by atoms with E-state index in [0.717, 1.165) is 25.2 Å². The van der Waals surface area contributed by atoms with Gasteiger partial charge in [0.15, 0.2) is 0 Å². The highest BCUT2D eigenvalue weighted by molar-refractivity contribution is 5.77. The quantitative estimate of drug-likeness (QED) is 0.707. The van der Waals surface area contributed by atoms with Gasteiger partial charge in [0.05, 0.1) is 18.3 Å². The molecule has 2 saturated heterocycles. The van der Waals surface area contributed by atoms with Gasteiger partial charge in [-0.05, 0) is 19.9 Å². The van der Waals surface area contributed by atoms with E-state index in [1.165, 1.54) is 5.69 Å². The standard InChI is InChI=1S/C12H17N3O2/c1-8-5-9(2)15(13-8)10-6-14(7-10)11-3-4-17-12(11)16/h5,10-11H,3-4,6-7H2,1-2H3/t11-/m0/s1. The summed E-state index contributed by atoms with van der Waals surface area (Å²) < 4.78 is 7.06. The van der Waals surface area contributed by atoms with Crippen LogP contribution >= 0.6 is 0 Å². The molecule has 0 bridgehead atoms. The van der Waals surface area contributed by atoms with Crippen molar-refractivity contribution in [2.45, 2.75) is 32.4 Å². The van der Waals surface area contributed by atoms with E-state index in [2.05, 4.69) is 27.7 Å². The molecule has 2 aliphatic rings. The molecule has 17 heavy (non-hydrogen) atoms. The smallest absolute Gasteiger partial charge is 0.323 e. The monoisotopic (exact) mass is 235 g/mol. The number of ether oxygens (including phenoxy) is 1. The first kappa shape index (κ1) is 10.8. The molecule has 2 fully saturated rings. The van der Waals surface area contributed by atoms with Crippen molar-refractivity contribution in [3.8, 4) is 0 Å². The summed E-state index contributed by atoms with van der Waals surface area (Å²) in [4.78, 5) is 13.6. The molecular weight excluding hydrogens is 218 g/mol. The first-order chi connectivity index (χ1) is 8.15. The Morgan fingerprint density at radius 1 is 1.41 bits per heavy atom. The van der Waals surface area contributed by atoms with E-state index in [4.69, 9.17) is 4.74 Å². The fourth-order valence-electron chi connectivity index (χ4n) is 2.73. The molecule has 3 rings (SSSR count). The van der Waals surface area contributed by atoms with Gasteiger partial charge >= 0.3 is 5.97 Å². The number of hydrogen-bond donors (Lipinski definition) is 0. The highest BCUT2D eigenvalue weighted by Crippen LogP contribution is 2.28. The predicted molar refractivity (Wildman–Crippen MR) is 61.7 cm³/mol. The Labute approximate surface area is 100 Å². The molecule has 0 unspecified atom stereocenters. The summed E-state index contributed by atoms with van der Waals surface area (Å²) in [6.45, 7) is 6.47. The van der Waals surface area contributed by atoms with Gasteiger partial charge in [-0.25, -0.2) is 0 Å². The number of carbonyl (C=O) groups excluding carboxylic acids is 1. The average molecular weight is 235 g/mol. The Morgan fingerprint density at radius 3 is 2.71 bits per heavy atom. The summed E-state index contributed by atoms with van der Waals surface area (Å²) in [6.07, 6.45) is 0.836. The van der Waals surface area contributed by atoms with Gasteiger partial charge in [0.25, 0.3) is 0 Å². The van der Waals surface area contributed by atoms with E-state index >= 15 is 0 Å². The lowest BCUT2D eigenvalue weighted by Gasteiger charge is -2.41. The van der Waals surface area contributed by atoms with Crippen LogP contribution < -0.4 is 0 Å². The Hall–Kier alpha value is -1.36. The molecule has 0 amide bonds. The van der Waals surface area contributed by atoms with Crippen molar-refractivity contribution in [1.29, 1.82) is 0 Å². The molecule has 2 aliphatic heterocycles. The number of hydrogen-bond acceptors (Lipinski definition) is 4. The first-order valence-corrected chi connectivity index (χ1v) is 6.08. The summed E-state index contributed by atoms with van der Waals surface area (Å²) >= 11 is 0. The average Bonchev–Trinajstić information content (AvgIpc) is 2.73. The summed E-state index contributed by atoms with van der Waals surface area (Å²) in [5.74, 6) is -0.0585. The summed E-state index contributed by atoms with van der Waals surface area (Å²) in [5, 5.41) is 4.49. The summed E-state index contributed by atoms with van der Waals surface area (Å²) in [7, 11) is 0. The van der Waals surface area contributed by atoms with Crippen molar-refractivity contribution in [2.24, 2.45) is 0 Å². The zero-order valence-electron chi connectivity index (χ0n) is 10.2. The molecule has 0 spiro atoms. The van der Waals surface area contributed by atoms with E-state index in [1.807, 2.05) is 6.92 Å². The number of carbonyl (C=O) groups is 1. The minimum absolute atomic E-state index is 0.0109. The number of rotatable bonds is 2. The second-order valence-corrected chi connectivity index (χ2v) is 4.95. The second kappa shape index (κ2) is 3.84. The Balaban J connectivity index is 1.65. The van der Waals surface area contributed by atoms with Crippen LogP contribution in [0.5, 0.6) is 0 Å². The molecule has 0 N–H and O–H groups in total. The molecule has 5 nitrogen and oxygen atoms in total. The van der Waals surface area contributed by atoms with Gasteiger partial charge in [-0.2, -0.15) is 5.10 Å². The molecule has 0 radical (unpaired) electrons. The third kappa shape index (κ3) is 1.74. The molecule has 0 aromatic carbocycles. The Kier molecular flexibility index (Phi) is 2.43. The number of esters is 1. The fourth-order valence-corrected chi connectivity index (χ4v) is 2.73. The zero-order chi connectivity index (χ0) is 12.0. The van der Waals surface area contributed by atoms with Gasteiger partial charge < -0.3 is 4.74 Å². The fraction of sp³-hybridized carbons (Fsp3) is 0.667. The highest BCUT2D eigenvalue weighted by Gasteiger charge is 2.40. The Bertz CT molecular complexity index is 449. The van der Waals surface area contributed by atoms with Gasteiger partial charge in [0.2, 0.25) is 0 Å². The maximum Gasteiger partial charge on any atom is 0.323 e. The first-order valence-electron chi connectivity index (χ1n) is 6.08. The minimum atomic E-state index is -0.0585. The predicted octanol–water partition coefficient (Wildman–Crippen LogP) is 0.672. The van der Waals surface area contributed by atoms with Gasteiger partial charge in [0, 0.05) is 25.2 Å². The SMILES string of the molecule is Cc1cc(C)n(C2CN([C@H]3CCOC3=O)C2)n1. The van der Waals surface area contributed by atoms with Gasteiger partial charge in [-0.1, -0.05) is 0 Å². The second-order valence-electron chi connectivity index (χ2n) is 4.95. The lowest BCUT2D eigenvalue weighted by atomic mass is 10.0. The number of aryl methyl sites for hydroxylation is 2. The molecule has 0 aliphatic carbocycles. The van der Waals surface area contributed by atoms with Gasteiger partial charge in [-0.15, -0.1) is 0 Å². The van der Waals surface area contributed by atoms with Crippen LogP contribution in [0.4, 0.5) is 0 Å². The van der Waals surface area contributed by atoms with E-state index in [0.29, 0.717) is 12.6 Å². The van der Waals surface area contributed by atoms with Crippen molar-refractivity contribution in [1.82, 2.24) is 14.7 Å². The molecule has 5 heteroatoms. The van der Waals surface area contributed by atoms with E-state index in [1.54, 1.807) is 0 Å². The minimum Gasteiger partial charge on any atom is -0.464 e. The Morgan fingerprint density at radius 2 is 2.18 bits per heavy atom. The largest absolute Gasteiger partial charge is 0.464 e. The van der Waals surface area contributed by atoms with Crippen LogP contribution in [0.1, 0.15) is 23.9 Å². The number of nitrogens with zero attached hydrogens (tertiary/aromatic N) is 3. The van der Waals surface area contributed by atoms with Crippen molar-refractivity contribution < 1.29 is 9.53 Å². The van der Waals surface area contributed by atoms with E-state index in [9.17, 15) is 4.79 Å². The van der Waals surface area contributed by atoms with Crippen molar-refractivity contribution in [3.63, 3.8) is 0 Å². The topological polar surface area (TPSA) is 47.4 Å². The molecular formula is C12H17N3O2. The maximum absolute atomic E-state index is 11.4. The van der Waals surface area contributed by atoms with Crippen molar-refractivity contribution >= 4 is 5.97 Å². The number of likely N-dealkylation sites (tertiary alicyclic amines) is 1. The summed E-state index contributed by atoms with van der Waals surface area (Å²) in [6, 6.07) is 2.49. The van der Waals surface area contributed by atoms with Crippen molar-refractivity contribution in [2.75, 3.05) is 19.7 Å². The maximum atomic E-state index is 11.4. The molecule has 1 atom stereocenters. The normalized spacial score (nSPS) is 26.0. The van der Waals surface area contributed by atoms with E-state index in [-0.39, 0.29) is 12.0 Å². The molecule has 3 heterocycles. The lowest BCUT2D eigenvalue weighted by Crippen LogP contribution is -2.54. The molecule has 92 valence electrons. The van der Waals surface area contributed by atoms with Crippen LogP contribution in [0.25, 0.3) is 0 Å². The van der Waals surface area contributed by atoms with Crippen molar-refractivity contribution in [3.05, 3.63) is 17.5 Å². The van der Waals surface area contributed by atoms with Crippen LogP contribution in [0.2, 0.25) is 0 Å². The van der Waals surface area contributed by atoms with Crippen LogP contribution in [-0.4, -0.2) is 46.4 Å². The van der Waals surface area contributed by atoms with Gasteiger partial charge in [-0.3, -0.25) is 14.4 Å². The molecule has 1 aromatic heterocycles.